The fourth-order valence-corrected chi connectivity index (χ4v) is 1.44. The lowest BCUT2D eigenvalue weighted by atomic mass is 10.0. The van der Waals surface area contributed by atoms with Gasteiger partial charge in [0.05, 0.1) is 0 Å². The summed E-state index contributed by atoms with van der Waals surface area (Å²) < 4.78 is 6.33. The number of carboxylic acid groups (broad SMARTS) is 1. The van der Waals surface area contributed by atoms with E-state index in [4.69, 9.17) is 9.84 Å². The van der Waals surface area contributed by atoms with E-state index in [1.54, 1.807) is 32.0 Å². The third-order valence-corrected chi connectivity index (χ3v) is 2.76. The monoisotopic (exact) mass is 272 g/mol. The average molecular weight is 273 g/mol. The van der Waals surface area contributed by atoms with Crippen LogP contribution in [0.15, 0.2) is 28.7 Å². The zero-order valence-corrected chi connectivity index (χ0v) is 10.2. The van der Waals surface area contributed by atoms with Crippen molar-refractivity contribution in [2.45, 2.75) is 25.9 Å². The van der Waals surface area contributed by atoms with Gasteiger partial charge in [0.25, 0.3) is 0 Å². The summed E-state index contributed by atoms with van der Waals surface area (Å²) in [7, 11) is 0. The summed E-state index contributed by atoms with van der Waals surface area (Å²) in [6.45, 7) is 3.35. The summed E-state index contributed by atoms with van der Waals surface area (Å²) in [6.07, 6.45) is 0.412. The van der Waals surface area contributed by atoms with Gasteiger partial charge in [0, 0.05) is 4.47 Å². The fraction of sp³-hybridized carbons (Fsp3) is 0.364. The molecule has 0 saturated heterocycles. The van der Waals surface area contributed by atoms with Crippen LogP contribution in [0.3, 0.4) is 0 Å². The van der Waals surface area contributed by atoms with Crippen LogP contribution in [-0.2, 0) is 4.79 Å². The van der Waals surface area contributed by atoms with Gasteiger partial charge in [-0.15, -0.1) is 0 Å². The molecule has 1 aromatic carbocycles. The second-order valence-corrected chi connectivity index (χ2v) is 4.36. The summed E-state index contributed by atoms with van der Waals surface area (Å²) in [5.74, 6) is -0.402. The first kappa shape index (κ1) is 12.0. The Balaban J connectivity index is 2.89. The molecule has 0 aliphatic rings. The van der Waals surface area contributed by atoms with E-state index >= 15 is 0 Å². The van der Waals surface area contributed by atoms with Crippen LogP contribution < -0.4 is 4.74 Å². The van der Waals surface area contributed by atoms with Crippen molar-refractivity contribution in [3.63, 3.8) is 0 Å². The minimum absolute atomic E-state index is 0.412. The van der Waals surface area contributed by atoms with Crippen LogP contribution in [-0.4, -0.2) is 16.7 Å². The molecule has 1 aromatic rings. The van der Waals surface area contributed by atoms with Crippen LogP contribution in [0.4, 0.5) is 0 Å². The number of halogens is 1. The topological polar surface area (TPSA) is 46.5 Å². The van der Waals surface area contributed by atoms with Crippen molar-refractivity contribution in [3.05, 3.63) is 28.7 Å². The molecule has 0 aromatic heterocycles. The van der Waals surface area contributed by atoms with Gasteiger partial charge in [-0.2, -0.15) is 0 Å². The van der Waals surface area contributed by atoms with Crippen LogP contribution in [0.1, 0.15) is 20.3 Å². The molecule has 0 aliphatic heterocycles. The Kier molecular flexibility index (Phi) is 3.74. The van der Waals surface area contributed by atoms with Crippen LogP contribution in [0, 0.1) is 0 Å². The standard InChI is InChI=1S/C11H13BrO3/c1-3-11(2,10(13)14)15-9-6-4-5-8(12)7-9/h4-7H,3H2,1-2H3,(H,13,14). The molecule has 82 valence electrons. The van der Waals surface area contributed by atoms with Crippen molar-refractivity contribution in [2.24, 2.45) is 0 Å². The number of hydrogen-bond acceptors (Lipinski definition) is 2. The summed E-state index contributed by atoms with van der Waals surface area (Å²) in [5, 5.41) is 9.03. The third kappa shape index (κ3) is 2.96. The van der Waals surface area contributed by atoms with E-state index in [2.05, 4.69) is 15.9 Å². The molecule has 15 heavy (non-hydrogen) atoms. The Labute approximate surface area is 97.2 Å². The molecular formula is C11H13BrO3. The molecule has 0 amide bonds. The summed E-state index contributed by atoms with van der Waals surface area (Å²) in [5.41, 5.74) is -1.17. The number of carboxylic acids is 1. The van der Waals surface area contributed by atoms with E-state index < -0.39 is 11.6 Å². The van der Waals surface area contributed by atoms with Gasteiger partial charge < -0.3 is 9.84 Å². The normalized spacial score (nSPS) is 14.3. The SMILES string of the molecule is CCC(C)(Oc1cccc(Br)c1)C(=O)O. The Morgan fingerprint density at radius 2 is 2.27 bits per heavy atom. The molecule has 0 saturated carbocycles. The second-order valence-electron chi connectivity index (χ2n) is 3.45. The van der Waals surface area contributed by atoms with Crippen molar-refractivity contribution < 1.29 is 14.6 Å². The Bertz CT molecular complexity index is 365. The fourth-order valence-electron chi connectivity index (χ4n) is 1.06. The molecule has 4 heteroatoms. The molecule has 1 atom stereocenters. The minimum Gasteiger partial charge on any atom is -0.478 e. The van der Waals surface area contributed by atoms with Crippen molar-refractivity contribution in [2.75, 3.05) is 0 Å². The second kappa shape index (κ2) is 4.66. The number of ether oxygens (including phenoxy) is 1. The zero-order valence-electron chi connectivity index (χ0n) is 8.66. The van der Waals surface area contributed by atoms with Gasteiger partial charge in [-0.05, 0) is 31.5 Å². The van der Waals surface area contributed by atoms with Crippen molar-refractivity contribution >= 4 is 21.9 Å². The van der Waals surface area contributed by atoms with Crippen LogP contribution >= 0.6 is 15.9 Å². The molecule has 0 radical (unpaired) electrons. The van der Waals surface area contributed by atoms with E-state index in [-0.39, 0.29) is 0 Å². The van der Waals surface area contributed by atoms with E-state index in [0.717, 1.165) is 4.47 Å². The van der Waals surface area contributed by atoms with E-state index in [0.29, 0.717) is 12.2 Å². The number of carbonyl (C=O) groups is 1. The van der Waals surface area contributed by atoms with E-state index in [1.165, 1.54) is 0 Å². The highest BCUT2D eigenvalue weighted by Crippen LogP contribution is 2.24. The first-order chi connectivity index (χ1) is 6.98. The molecular weight excluding hydrogens is 260 g/mol. The van der Waals surface area contributed by atoms with Crippen LogP contribution in [0.5, 0.6) is 5.75 Å². The molecule has 0 spiro atoms. The van der Waals surface area contributed by atoms with Gasteiger partial charge in [0.1, 0.15) is 5.75 Å². The summed E-state index contributed by atoms with van der Waals surface area (Å²) >= 11 is 3.30. The number of hydrogen-bond donors (Lipinski definition) is 1. The van der Waals surface area contributed by atoms with Crippen molar-refractivity contribution in [3.8, 4) is 5.75 Å². The molecule has 3 nitrogen and oxygen atoms in total. The smallest absolute Gasteiger partial charge is 0.347 e. The highest BCUT2D eigenvalue weighted by Gasteiger charge is 2.33. The maximum atomic E-state index is 11.0. The lowest BCUT2D eigenvalue weighted by molar-refractivity contribution is -0.154. The predicted molar refractivity (Wildman–Crippen MR) is 61.1 cm³/mol. The maximum Gasteiger partial charge on any atom is 0.347 e. The zero-order chi connectivity index (χ0) is 11.5. The van der Waals surface area contributed by atoms with E-state index in [1.807, 2.05) is 6.07 Å². The van der Waals surface area contributed by atoms with Gasteiger partial charge in [-0.3, -0.25) is 0 Å². The number of rotatable bonds is 4. The minimum atomic E-state index is -1.17. The first-order valence-corrected chi connectivity index (χ1v) is 5.45. The molecule has 1 rings (SSSR count). The van der Waals surface area contributed by atoms with Crippen molar-refractivity contribution in [1.82, 2.24) is 0 Å². The van der Waals surface area contributed by atoms with Gasteiger partial charge >= 0.3 is 5.97 Å². The van der Waals surface area contributed by atoms with Gasteiger partial charge in [-0.1, -0.05) is 28.9 Å². The molecule has 0 bridgehead atoms. The lowest BCUT2D eigenvalue weighted by Crippen LogP contribution is -2.40. The molecule has 1 unspecified atom stereocenters. The molecule has 0 heterocycles. The van der Waals surface area contributed by atoms with Crippen LogP contribution in [0.25, 0.3) is 0 Å². The third-order valence-electron chi connectivity index (χ3n) is 2.27. The Hall–Kier alpha value is -1.03. The number of benzene rings is 1. The predicted octanol–water partition coefficient (Wildman–Crippen LogP) is 3.08. The first-order valence-electron chi connectivity index (χ1n) is 4.66. The Morgan fingerprint density at radius 3 is 2.73 bits per heavy atom. The lowest BCUT2D eigenvalue weighted by Gasteiger charge is -2.24. The van der Waals surface area contributed by atoms with Gasteiger partial charge in [-0.25, -0.2) is 4.79 Å². The highest BCUT2D eigenvalue weighted by molar-refractivity contribution is 9.10. The largest absolute Gasteiger partial charge is 0.478 e. The van der Waals surface area contributed by atoms with Gasteiger partial charge in [0.2, 0.25) is 5.60 Å². The average Bonchev–Trinajstić information content (AvgIpc) is 2.17. The number of aliphatic carboxylic acids is 1. The summed E-state index contributed by atoms with van der Waals surface area (Å²) in [6, 6.07) is 7.15. The maximum absolute atomic E-state index is 11.0. The van der Waals surface area contributed by atoms with Crippen LogP contribution in [0.2, 0.25) is 0 Å². The summed E-state index contributed by atoms with van der Waals surface area (Å²) in [4.78, 5) is 11.0. The van der Waals surface area contributed by atoms with Gasteiger partial charge in [0.15, 0.2) is 0 Å². The molecule has 1 N–H and O–H groups in total. The van der Waals surface area contributed by atoms with E-state index in [9.17, 15) is 4.79 Å². The highest BCUT2D eigenvalue weighted by atomic mass is 79.9. The quantitative estimate of drug-likeness (QED) is 0.916. The Morgan fingerprint density at radius 1 is 1.60 bits per heavy atom. The van der Waals surface area contributed by atoms with Crippen molar-refractivity contribution in [1.29, 1.82) is 0 Å². The molecule has 0 fully saturated rings. The molecule has 0 aliphatic carbocycles.